The lowest BCUT2D eigenvalue weighted by Crippen LogP contribution is -2.03. The van der Waals surface area contributed by atoms with E-state index < -0.39 is 0 Å². The summed E-state index contributed by atoms with van der Waals surface area (Å²) in [5.41, 5.74) is 3.74. The molecule has 0 heterocycles. The van der Waals surface area contributed by atoms with Crippen molar-refractivity contribution in [1.82, 2.24) is 0 Å². The van der Waals surface area contributed by atoms with Gasteiger partial charge in [-0.25, -0.2) is 0 Å². The molecule has 0 amide bonds. The first-order valence-corrected chi connectivity index (χ1v) is 9.16. The molecule has 1 fully saturated rings. The third-order valence-electron chi connectivity index (χ3n) is 5.28. The fraction of sp³-hybridized carbons (Fsp3) is 0.455. The van der Waals surface area contributed by atoms with Crippen LogP contribution in [0.4, 0.5) is 0 Å². The van der Waals surface area contributed by atoms with Gasteiger partial charge in [0.2, 0.25) is 0 Å². The molecule has 0 radical (unpaired) electrons. The van der Waals surface area contributed by atoms with E-state index in [1.54, 1.807) is 7.11 Å². The summed E-state index contributed by atoms with van der Waals surface area (Å²) in [5, 5.41) is 9.29. The molecule has 2 atom stereocenters. The second-order valence-corrected chi connectivity index (χ2v) is 7.03. The van der Waals surface area contributed by atoms with Crippen molar-refractivity contribution in [2.75, 3.05) is 20.3 Å². The predicted molar refractivity (Wildman–Crippen MR) is 101 cm³/mol. The number of aryl methyl sites for hydroxylation is 1. The van der Waals surface area contributed by atoms with Crippen LogP contribution in [0.2, 0.25) is 0 Å². The van der Waals surface area contributed by atoms with Gasteiger partial charge >= 0.3 is 0 Å². The maximum atomic E-state index is 9.29. The van der Waals surface area contributed by atoms with Crippen molar-refractivity contribution < 1.29 is 14.6 Å². The molecular formula is C22H28O3. The lowest BCUT2D eigenvalue weighted by atomic mass is 9.96. The van der Waals surface area contributed by atoms with E-state index in [0.717, 1.165) is 36.3 Å². The Hall–Kier alpha value is -2.00. The van der Waals surface area contributed by atoms with Crippen LogP contribution in [0, 0.1) is 12.8 Å². The van der Waals surface area contributed by atoms with E-state index in [-0.39, 0.29) is 0 Å². The number of benzene rings is 2. The van der Waals surface area contributed by atoms with Crippen LogP contribution in [0.25, 0.3) is 0 Å². The summed E-state index contributed by atoms with van der Waals surface area (Å²) in [5.74, 6) is 2.91. The average molecular weight is 340 g/mol. The van der Waals surface area contributed by atoms with Gasteiger partial charge in [0.1, 0.15) is 11.5 Å². The molecule has 0 spiro atoms. The summed E-state index contributed by atoms with van der Waals surface area (Å²) >= 11 is 0. The van der Waals surface area contributed by atoms with E-state index in [1.165, 1.54) is 17.5 Å². The maximum Gasteiger partial charge on any atom is 0.122 e. The van der Waals surface area contributed by atoms with Gasteiger partial charge in [-0.15, -0.1) is 0 Å². The zero-order chi connectivity index (χ0) is 17.6. The smallest absolute Gasteiger partial charge is 0.122 e. The minimum Gasteiger partial charge on any atom is -0.496 e. The van der Waals surface area contributed by atoms with Gasteiger partial charge in [0.15, 0.2) is 0 Å². The van der Waals surface area contributed by atoms with E-state index in [2.05, 4.69) is 42.5 Å². The zero-order valence-electron chi connectivity index (χ0n) is 15.2. The van der Waals surface area contributed by atoms with E-state index in [1.807, 2.05) is 6.92 Å². The summed E-state index contributed by atoms with van der Waals surface area (Å²) in [6.45, 7) is 3.02. The van der Waals surface area contributed by atoms with Crippen LogP contribution in [0.3, 0.4) is 0 Å². The molecule has 1 saturated carbocycles. The van der Waals surface area contributed by atoms with Gasteiger partial charge in [0.25, 0.3) is 0 Å². The molecule has 2 aromatic rings. The number of hydrogen-bond acceptors (Lipinski definition) is 3. The van der Waals surface area contributed by atoms with Gasteiger partial charge in [0.05, 0.1) is 13.7 Å². The molecule has 0 aromatic heterocycles. The monoisotopic (exact) mass is 340 g/mol. The Bertz CT molecular complexity index is 678. The highest BCUT2D eigenvalue weighted by Crippen LogP contribution is 2.38. The van der Waals surface area contributed by atoms with Crippen molar-refractivity contribution >= 4 is 0 Å². The number of aliphatic hydroxyl groups is 1. The summed E-state index contributed by atoms with van der Waals surface area (Å²) in [4.78, 5) is 0. The van der Waals surface area contributed by atoms with Crippen LogP contribution in [0.5, 0.6) is 11.5 Å². The SMILES string of the molecule is COc1cc(CCOc2ccc(C3CCC(CO)C3)cc2)ccc1C. The van der Waals surface area contributed by atoms with Crippen LogP contribution >= 0.6 is 0 Å². The van der Waals surface area contributed by atoms with Crippen LogP contribution in [-0.4, -0.2) is 25.4 Å². The summed E-state index contributed by atoms with van der Waals surface area (Å²) < 4.78 is 11.3. The van der Waals surface area contributed by atoms with Crippen LogP contribution in [-0.2, 0) is 6.42 Å². The number of methoxy groups -OCH3 is 1. The molecule has 3 rings (SSSR count). The fourth-order valence-corrected chi connectivity index (χ4v) is 3.69. The standard InChI is InChI=1S/C22H28O3/c1-16-3-4-17(14-22(16)24-2)11-12-25-21-9-7-19(8-10-21)20-6-5-18(13-20)15-23/h3-4,7-10,14,18,20,23H,5-6,11-13,15H2,1-2H3. The summed E-state index contributed by atoms with van der Waals surface area (Å²) in [7, 11) is 1.71. The number of aliphatic hydroxyl groups excluding tert-OH is 1. The molecule has 1 aliphatic carbocycles. The second kappa shape index (κ2) is 8.39. The topological polar surface area (TPSA) is 38.7 Å². The molecule has 134 valence electrons. The van der Waals surface area contributed by atoms with E-state index in [0.29, 0.717) is 25.0 Å². The molecule has 0 bridgehead atoms. The van der Waals surface area contributed by atoms with Crippen molar-refractivity contribution in [3.63, 3.8) is 0 Å². The highest BCUT2D eigenvalue weighted by molar-refractivity contribution is 5.36. The molecule has 1 N–H and O–H groups in total. The molecule has 0 saturated heterocycles. The molecule has 1 aliphatic rings. The number of hydrogen-bond donors (Lipinski definition) is 1. The number of ether oxygens (including phenoxy) is 2. The van der Waals surface area contributed by atoms with E-state index in [4.69, 9.17) is 9.47 Å². The Morgan fingerprint density at radius 2 is 1.88 bits per heavy atom. The predicted octanol–water partition coefficient (Wildman–Crippen LogP) is 4.50. The minimum atomic E-state index is 0.321. The van der Waals surface area contributed by atoms with E-state index >= 15 is 0 Å². The summed E-state index contributed by atoms with van der Waals surface area (Å²) in [6.07, 6.45) is 4.28. The van der Waals surface area contributed by atoms with Gasteiger partial charge in [-0.2, -0.15) is 0 Å². The normalized spacial score (nSPS) is 19.8. The third-order valence-corrected chi connectivity index (χ3v) is 5.28. The van der Waals surface area contributed by atoms with Crippen LogP contribution in [0.15, 0.2) is 42.5 Å². The molecule has 3 nitrogen and oxygen atoms in total. The Balaban J connectivity index is 1.50. The van der Waals surface area contributed by atoms with E-state index in [9.17, 15) is 5.11 Å². The molecule has 2 aromatic carbocycles. The Kier molecular flexibility index (Phi) is 5.98. The van der Waals surface area contributed by atoms with Gasteiger partial charge in [-0.1, -0.05) is 24.3 Å². The van der Waals surface area contributed by atoms with Crippen molar-refractivity contribution in [1.29, 1.82) is 0 Å². The zero-order valence-corrected chi connectivity index (χ0v) is 15.2. The molecule has 25 heavy (non-hydrogen) atoms. The maximum absolute atomic E-state index is 9.29. The third kappa shape index (κ3) is 4.55. The van der Waals surface area contributed by atoms with Crippen molar-refractivity contribution in [2.24, 2.45) is 5.92 Å². The highest BCUT2D eigenvalue weighted by Gasteiger charge is 2.25. The first kappa shape index (κ1) is 17.8. The first-order chi connectivity index (χ1) is 12.2. The Morgan fingerprint density at radius 1 is 1.08 bits per heavy atom. The quantitative estimate of drug-likeness (QED) is 0.806. The minimum absolute atomic E-state index is 0.321. The molecule has 2 unspecified atom stereocenters. The first-order valence-electron chi connectivity index (χ1n) is 9.16. The molecule has 0 aliphatic heterocycles. The molecule has 3 heteroatoms. The number of rotatable bonds is 7. The molecular weight excluding hydrogens is 312 g/mol. The van der Waals surface area contributed by atoms with Crippen molar-refractivity contribution in [3.8, 4) is 11.5 Å². The lowest BCUT2D eigenvalue weighted by Gasteiger charge is -2.12. The lowest BCUT2D eigenvalue weighted by molar-refractivity contribution is 0.229. The van der Waals surface area contributed by atoms with Crippen LogP contribution in [0.1, 0.15) is 41.9 Å². The Morgan fingerprint density at radius 3 is 2.56 bits per heavy atom. The fourth-order valence-electron chi connectivity index (χ4n) is 3.69. The largest absolute Gasteiger partial charge is 0.496 e. The van der Waals surface area contributed by atoms with Crippen molar-refractivity contribution in [2.45, 2.75) is 38.5 Å². The highest BCUT2D eigenvalue weighted by atomic mass is 16.5. The van der Waals surface area contributed by atoms with Gasteiger partial charge in [-0.3, -0.25) is 0 Å². The van der Waals surface area contributed by atoms with Gasteiger partial charge < -0.3 is 14.6 Å². The van der Waals surface area contributed by atoms with Gasteiger partial charge in [-0.05, 0) is 72.9 Å². The van der Waals surface area contributed by atoms with Crippen molar-refractivity contribution in [3.05, 3.63) is 59.2 Å². The van der Waals surface area contributed by atoms with Crippen LogP contribution < -0.4 is 9.47 Å². The Labute approximate surface area is 150 Å². The average Bonchev–Trinajstić information content (AvgIpc) is 3.13. The second-order valence-electron chi connectivity index (χ2n) is 7.03. The summed E-state index contributed by atoms with van der Waals surface area (Å²) in [6, 6.07) is 14.8. The van der Waals surface area contributed by atoms with Gasteiger partial charge in [0, 0.05) is 13.0 Å².